The minimum absolute atomic E-state index is 0.0207. The smallest absolute Gasteiger partial charge is 0.276 e. The van der Waals surface area contributed by atoms with Crippen LogP contribution in [0.3, 0.4) is 0 Å². The first-order chi connectivity index (χ1) is 13.1. The summed E-state index contributed by atoms with van der Waals surface area (Å²) in [4.78, 5) is 15.0. The van der Waals surface area contributed by atoms with Crippen molar-refractivity contribution in [1.29, 1.82) is 0 Å². The normalized spacial score (nSPS) is 24.1. The van der Waals surface area contributed by atoms with Crippen molar-refractivity contribution >= 4 is 5.91 Å². The number of nitrogens with zero attached hydrogens (tertiary/aromatic N) is 4. The molecule has 0 radical (unpaired) electrons. The molecule has 27 heavy (non-hydrogen) atoms. The van der Waals surface area contributed by atoms with Crippen molar-refractivity contribution in [3.05, 3.63) is 47.3 Å². The maximum Gasteiger partial charge on any atom is 0.276 e. The van der Waals surface area contributed by atoms with E-state index >= 15 is 0 Å². The van der Waals surface area contributed by atoms with Crippen LogP contribution in [-0.4, -0.2) is 58.1 Å². The van der Waals surface area contributed by atoms with Gasteiger partial charge in [-0.3, -0.25) is 4.79 Å². The van der Waals surface area contributed by atoms with Gasteiger partial charge >= 0.3 is 0 Å². The number of aromatic nitrogens is 3. The minimum Gasteiger partial charge on any atom is -0.367 e. The fraction of sp³-hybridized carbons (Fsp3) is 0.550. The van der Waals surface area contributed by atoms with E-state index in [4.69, 9.17) is 4.74 Å². The molecule has 0 bridgehead atoms. The number of carbonyl (C=O) groups excluding carboxylic acids is 1. The maximum absolute atomic E-state index is 13.2. The lowest BCUT2D eigenvalue weighted by Crippen LogP contribution is -2.46. The van der Waals surface area contributed by atoms with Gasteiger partial charge in [0, 0.05) is 6.54 Å². The number of nitrogens with one attached hydrogen (secondary N) is 1. The number of rotatable bonds is 3. The van der Waals surface area contributed by atoms with Crippen LogP contribution in [0, 0.1) is 6.92 Å². The fourth-order valence-corrected chi connectivity index (χ4v) is 4.06. The average molecular weight is 369 g/mol. The third kappa shape index (κ3) is 3.75. The van der Waals surface area contributed by atoms with Crippen LogP contribution in [0.2, 0.25) is 0 Å². The molecule has 144 valence electrons. The molecular weight excluding hydrogens is 342 g/mol. The summed E-state index contributed by atoms with van der Waals surface area (Å²) in [5.74, 6) is -0.0521. The van der Waals surface area contributed by atoms with Crippen molar-refractivity contribution in [3.63, 3.8) is 0 Å². The molecule has 1 N–H and O–H groups in total. The number of morpholine rings is 1. The molecule has 1 amide bonds. The number of benzene rings is 1. The van der Waals surface area contributed by atoms with Gasteiger partial charge in [0.2, 0.25) is 0 Å². The summed E-state index contributed by atoms with van der Waals surface area (Å²) in [7, 11) is 0. The summed E-state index contributed by atoms with van der Waals surface area (Å²) in [6.45, 7) is 7.02. The third-order valence-corrected chi connectivity index (χ3v) is 5.50. The molecule has 3 heterocycles. The highest BCUT2D eigenvalue weighted by Gasteiger charge is 2.32. The molecule has 2 atom stereocenters. The number of piperidine rings is 1. The molecule has 2 unspecified atom stereocenters. The Balaban J connectivity index is 1.52. The summed E-state index contributed by atoms with van der Waals surface area (Å²) in [6, 6.07) is 10.4. The van der Waals surface area contributed by atoms with Crippen LogP contribution in [0.5, 0.6) is 0 Å². The van der Waals surface area contributed by atoms with E-state index < -0.39 is 0 Å². The Hall–Kier alpha value is -2.25. The number of hydrogen-bond donors (Lipinski definition) is 1. The Morgan fingerprint density at radius 3 is 2.67 bits per heavy atom. The predicted molar refractivity (Wildman–Crippen MR) is 102 cm³/mol. The van der Waals surface area contributed by atoms with Crippen molar-refractivity contribution in [2.75, 3.05) is 26.2 Å². The van der Waals surface area contributed by atoms with Gasteiger partial charge in [0.05, 0.1) is 24.4 Å². The lowest BCUT2D eigenvalue weighted by Gasteiger charge is -2.36. The maximum atomic E-state index is 13.2. The summed E-state index contributed by atoms with van der Waals surface area (Å²) in [5, 5.41) is 11.9. The van der Waals surface area contributed by atoms with Crippen LogP contribution >= 0.6 is 0 Å². The molecule has 7 heteroatoms. The Morgan fingerprint density at radius 1 is 1.19 bits per heavy atom. The zero-order valence-electron chi connectivity index (χ0n) is 16.0. The molecular formula is C20H27N5O2. The molecule has 2 aromatic rings. The second-order valence-electron chi connectivity index (χ2n) is 7.51. The van der Waals surface area contributed by atoms with E-state index in [1.165, 1.54) is 0 Å². The number of amides is 1. The molecule has 1 aromatic carbocycles. The van der Waals surface area contributed by atoms with Crippen molar-refractivity contribution in [1.82, 2.24) is 25.2 Å². The van der Waals surface area contributed by atoms with Gasteiger partial charge in [0.25, 0.3) is 5.91 Å². The average Bonchev–Trinajstić information content (AvgIpc) is 3.09. The van der Waals surface area contributed by atoms with Crippen molar-refractivity contribution in [2.45, 2.75) is 44.9 Å². The first kappa shape index (κ1) is 18.1. The first-order valence-corrected chi connectivity index (χ1v) is 9.75. The van der Waals surface area contributed by atoms with Gasteiger partial charge in [0.15, 0.2) is 5.69 Å². The monoisotopic (exact) mass is 369 g/mol. The van der Waals surface area contributed by atoms with E-state index in [0.29, 0.717) is 24.8 Å². The van der Waals surface area contributed by atoms with E-state index in [0.717, 1.165) is 37.2 Å². The zero-order valence-corrected chi connectivity index (χ0v) is 16.0. The molecule has 4 rings (SSSR count). The quantitative estimate of drug-likeness (QED) is 0.897. The van der Waals surface area contributed by atoms with Gasteiger partial charge in [-0.25, -0.2) is 4.68 Å². The number of carbonyl (C=O) groups is 1. The summed E-state index contributed by atoms with van der Waals surface area (Å²) >= 11 is 0. The second kappa shape index (κ2) is 7.78. The van der Waals surface area contributed by atoms with Crippen LogP contribution in [0.25, 0.3) is 0 Å². The first-order valence-electron chi connectivity index (χ1n) is 9.75. The van der Waals surface area contributed by atoms with E-state index in [-0.39, 0.29) is 18.1 Å². The standard InChI is InChI=1S/C20H27N5O2/c1-14-12-24(13-18(27-14)16-6-4-3-5-7-16)20(26)19-15(2)25(23-22-19)17-8-10-21-11-9-17/h3-7,14,17-18,21H,8-13H2,1-2H3. The van der Waals surface area contributed by atoms with E-state index in [2.05, 4.69) is 15.6 Å². The van der Waals surface area contributed by atoms with Crippen LogP contribution in [0.15, 0.2) is 30.3 Å². The highest BCUT2D eigenvalue weighted by Crippen LogP contribution is 2.27. The Morgan fingerprint density at radius 2 is 1.93 bits per heavy atom. The van der Waals surface area contributed by atoms with Crippen LogP contribution in [0.4, 0.5) is 0 Å². The molecule has 0 saturated carbocycles. The van der Waals surface area contributed by atoms with Crippen molar-refractivity contribution in [2.24, 2.45) is 0 Å². The predicted octanol–water partition coefficient (Wildman–Crippen LogP) is 2.11. The van der Waals surface area contributed by atoms with Crippen LogP contribution in [-0.2, 0) is 4.74 Å². The molecule has 0 spiro atoms. The lowest BCUT2D eigenvalue weighted by atomic mass is 10.1. The van der Waals surface area contributed by atoms with E-state index in [1.54, 1.807) is 0 Å². The highest BCUT2D eigenvalue weighted by molar-refractivity contribution is 5.93. The molecule has 2 saturated heterocycles. The third-order valence-electron chi connectivity index (χ3n) is 5.50. The van der Waals surface area contributed by atoms with Crippen LogP contribution in [0.1, 0.15) is 53.7 Å². The minimum atomic E-state index is -0.112. The number of hydrogen-bond acceptors (Lipinski definition) is 5. The Labute approximate surface area is 159 Å². The second-order valence-corrected chi connectivity index (χ2v) is 7.51. The topological polar surface area (TPSA) is 72.3 Å². The Bertz CT molecular complexity index is 785. The van der Waals surface area contributed by atoms with Crippen molar-refractivity contribution in [3.8, 4) is 0 Å². The molecule has 1 aromatic heterocycles. The van der Waals surface area contributed by atoms with Gasteiger partial charge in [-0.15, -0.1) is 5.10 Å². The molecule has 2 aliphatic heterocycles. The largest absolute Gasteiger partial charge is 0.367 e. The van der Waals surface area contributed by atoms with Gasteiger partial charge in [0.1, 0.15) is 6.10 Å². The SMILES string of the molecule is Cc1c(C(=O)N2CC(C)OC(c3ccccc3)C2)nnn1C1CCNCC1. The van der Waals surface area contributed by atoms with Gasteiger partial charge in [-0.1, -0.05) is 35.5 Å². The van der Waals surface area contributed by atoms with Crippen LogP contribution < -0.4 is 5.32 Å². The molecule has 0 aliphatic carbocycles. The van der Waals surface area contributed by atoms with Gasteiger partial charge in [-0.05, 0) is 45.3 Å². The lowest BCUT2D eigenvalue weighted by molar-refractivity contribution is -0.0693. The highest BCUT2D eigenvalue weighted by atomic mass is 16.5. The summed E-state index contributed by atoms with van der Waals surface area (Å²) < 4.78 is 8.01. The van der Waals surface area contributed by atoms with E-state index in [9.17, 15) is 4.79 Å². The van der Waals surface area contributed by atoms with Gasteiger partial charge < -0.3 is 15.0 Å². The van der Waals surface area contributed by atoms with E-state index in [1.807, 2.05) is 53.8 Å². The summed E-state index contributed by atoms with van der Waals surface area (Å²) in [5.41, 5.74) is 2.42. The Kier molecular flexibility index (Phi) is 5.22. The fourth-order valence-electron chi connectivity index (χ4n) is 4.06. The van der Waals surface area contributed by atoms with Crippen molar-refractivity contribution < 1.29 is 9.53 Å². The molecule has 2 fully saturated rings. The zero-order chi connectivity index (χ0) is 18.8. The molecule has 2 aliphatic rings. The molecule has 7 nitrogen and oxygen atoms in total. The summed E-state index contributed by atoms with van der Waals surface area (Å²) in [6.07, 6.45) is 1.90. The number of ether oxygens (including phenoxy) is 1. The van der Waals surface area contributed by atoms with Gasteiger partial charge in [-0.2, -0.15) is 0 Å².